The Kier molecular flexibility index (Phi) is 5.67. The number of rotatable bonds is 5. The van der Waals surface area contributed by atoms with Gasteiger partial charge in [0.25, 0.3) is 0 Å². The van der Waals surface area contributed by atoms with Crippen LogP contribution in [0.2, 0.25) is 0 Å². The zero-order valence-corrected chi connectivity index (χ0v) is 20.8. The largest absolute Gasteiger partial charge is 0.256 e. The number of pyridine rings is 1. The molecule has 2 heterocycles. The van der Waals surface area contributed by atoms with Gasteiger partial charge in [0.2, 0.25) is 0 Å². The Bertz CT molecular complexity index is 1630. The van der Waals surface area contributed by atoms with Crippen molar-refractivity contribution >= 4 is 31.5 Å². The maximum atomic E-state index is 4.79. The van der Waals surface area contributed by atoms with Gasteiger partial charge < -0.3 is 0 Å². The smallest absolute Gasteiger partial charge is 0.0719 e. The van der Waals surface area contributed by atoms with Crippen LogP contribution in [0.1, 0.15) is 19.4 Å². The van der Waals surface area contributed by atoms with Crippen molar-refractivity contribution in [3.05, 3.63) is 115 Å². The van der Waals surface area contributed by atoms with Crippen molar-refractivity contribution in [2.24, 2.45) is 5.92 Å². The van der Waals surface area contributed by atoms with E-state index in [4.69, 9.17) is 4.98 Å². The summed E-state index contributed by atoms with van der Waals surface area (Å²) in [4.78, 5) is 4.79. The molecule has 0 radical (unpaired) electrons. The van der Waals surface area contributed by atoms with Gasteiger partial charge in [-0.2, -0.15) is 0 Å². The second-order valence-electron chi connectivity index (χ2n) is 9.56. The van der Waals surface area contributed by atoms with Gasteiger partial charge in [-0.3, -0.25) is 4.98 Å². The molecule has 0 unspecified atom stereocenters. The molecule has 0 N–H and O–H groups in total. The fourth-order valence-electron chi connectivity index (χ4n) is 4.95. The Balaban J connectivity index is 1.62. The molecule has 0 fully saturated rings. The Morgan fingerprint density at radius 2 is 1.34 bits per heavy atom. The first-order valence-corrected chi connectivity index (χ1v) is 13.0. The van der Waals surface area contributed by atoms with Crippen LogP contribution in [0.25, 0.3) is 53.7 Å². The fourth-order valence-corrected chi connectivity index (χ4v) is 6.29. The Labute approximate surface area is 210 Å². The number of hydrogen-bond acceptors (Lipinski definition) is 2. The van der Waals surface area contributed by atoms with E-state index >= 15 is 0 Å². The number of benzene rings is 4. The van der Waals surface area contributed by atoms with Gasteiger partial charge in [-0.05, 0) is 58.9 Å². The van der Waals surface area contributed by atoms with Crippen LogP contribution < -0.4 is 0 Å². The summed E-state index contributed by atoms with van der Waals surface area (Å²) in [5, 5.41) is 2.61. The molecule has 6 rings (SSSR count). The zero-order valence-electron chi connectivity index (χ0n) is 20.0. The number of nitrogens with zero attached hydrogens (tertiary/aromatic N) is 1. The van der Waals surface area contributed by atoms with Crippen molar-refractivity contribution in [1.82, 2.24) is 4.98 Å². The lowest BCUT2D eigenvalue weighted by Gasteiger charge is -2.09. The average molecular weight is 470 g/mol. The first-order chi connectivity index (χ1) is 17.2. The third-order valence-electron chi connectivity index (χ3n) is 6.53. The minimum absolute atomic E-state index is 0.621. The normalized spacial score (nSPS) is 11.5. The predicted molar refractivity (Wildman–Crippen MR) is 152 cm³/mol. The summed E-state index contributed by atoms with van der Waals surface area (Å²) in [7, 11) is 0. The van der Waals surface area contributed by atoms with Crippen molar-refractivity contribution < 1.29 is 0 Å². The predicted octanol–water partition coefficient (Wildman–Crippen LogP) is 9.65. The number of hydrogen-bond donors (Lipinski definition) is 0. The summed E-state index contributed by atoms with van der Waals surface area (Å²) >= 11 is 1.89. The van der Waals surface area contributed by atoms with Gasteiger partial charge in [0, 0.05) is 37.5 Å². The van der Waals surface area contributed by atoms with Gasteiger partial charge in [0.05, 0.1) is 5.69 Å². The molecular formula is C33H27NS. The summed E-state index contributed by atoms with van der Waals surface area (Å²) in [6.07, 6.45) is 3.03. The average Bonchev–Trinajstić information content (AvgIpc) is 3.28. The first kappa shape index (κ1) is 21.8. The van der Waals surface area contributed by atoms with E-state index < -0.39 is 0 Å². The van der Waals surface area contributed by atoms with Crippen LogP contribution in [0.15, 0.2) is 109 Å². The van der Waals surface area contributed by atoms with E-state index in [-0.39, 0.29) is 0 Å². The third-order valence-corrected chi connectivity index (χ3v) is 7.82. The van der Waals surface area contributed by atoms with Crippen LogP contribution in [0, 0.1) is 5.92 Å². The lowest BCUT2D eigenvalue weighted by Crippen LogP contribution is -1.95. The van der Waals surface area contributed by atoms with E-state index in [1.54, 1.807) is 0 Å². The molecule has 2 aromatic heterocycles. The van der Waals surface area contributed by atoms with Gasteiger partial charge >= 0.3 is 0 Å². The van der Waals surface area contributed by atoms with E-state index in [1.165, 1.54) is 53.6 Å². The van der Waals surface area contributed by atoms with Crippen LogP contribution in [0.3, 0.4) is 0 Å². The highest BCUT2D eigenvalue weighted by Crippen LogP contribution is 2.45. The van der Waals surface area contributed by atoms with Crippen molar-refractivity contribution in [2.45, 2.75) is 20.3 Å². The van der Waals surface area contributed by atoms with E-state index in [0.29, 0.717) is 5.92 Å². The van der Waals surface area contributed by atoms with Crippen LogP contribution in [0.5, 0.6) is 0 Å². The van der Waals surface area contributed by atoms with Crippen molar-refractivity contribution in [3.63, 3.8) is 0 Å². The van der Waals surface area contributed by atoms with Gasteiger partial charge in [-0.15, -0.1) is 11.3 Å². The quantitative estimate of drug-likeness (QED) is 0.245. The highest BCUT2D eigenvalue weighted by molar-refractivity contribution is 7.26. The maximum Gasteiger partial charge on any atom is 0.0719 e. The fraction of sp³-hybridized carbons (Fsp3) is 0.121. The van der Waals surface area contributed by atoms with Crippen molar-refractivity contribution in [2.75, 3.05) is 0 Å². The Morgan fingerprint density at radius 1 is 0.629 bits per heavy atom. The van der Waals surface area contributed by atoms with E-state index in [0.717, 1.165) is 12.1 Å². The molecule has 0 saturated carbocycles. The highest BCUT2D eigenvalue weighted by atomic mass is 32.1. The molecule has 0 aliphatic heterocycles. The summed E-state index contributed by atoms with van der Waals surface area (Å²) in [5.74, 6) is 0.621. The summed E-state index contributed by atoms with van der Waals surface area (Å²) in [5.41, 5.74) is 8.65. The van der Waals surface area contributed by atoms with Crippen LogP contribution in [-0.2, 0) is 6.42 Å². The molecular weight excluding hydrogens is 442 g/mol. The summed E-state index contributed by atoms with van der Waals surface area (Å²) in [6, 6.07) is 37.2. The minimum atomic E-state index is 0.621. The van der Waals surface area contributed by atoms with Gasteiger partial charge in [0.1, 0.15) is 0 Å². The summed E-state index contributed by atoms with van der Waals surface area (Å²) in [6.45, 7) is 4.53. The van der Waals surface area contributed by atoms with E-state index in [9.17, 15) is 0 Å². The molecule has 0 aliphatic rings. The van der Waals surface area contributed by atoms with Gasteiger partial charge in [-0.25, -0.2) is 0 Å². The molecule has 4 aromatic carbocycles. The molecule has 35 heavy (non-hydrogen) atoms. The third kappa shape index (κ3) is 4.15. The first-order valence-electron chi connectivity index (χ1n) is 12.2. The van der Waals surface area contributed by atoms with Crippen LogP contribution in [-0.4, -0.2) is 4.98 Å². The van der Waals surface area contributed by atoms with E-state index in [1.807, 2.05) is 17.5 Å². The lowest BCUT2D eigenvalue weighted by atomic mass is 9.95. The molecule has 170 valence electrons. The molecule has 6 aromatic rings. The zero-order chi connectivity index (χ0) is 23.8. The number of aromatic nitrogens is 1. The molecule has 2 heteroatoms. The number of thiophene rings is 1. The molecule has 1 nitrogen and oxygen atoms in total. The molecule has 0 amide bonds. The molecule has 0 spiro atoms. The van der Waals surface area contributed by atoms with Crippen molar-refractivity contribution in [3.8, 4) is 33.5 Å². The standard InChI is InChI=1S/C33H27NS/c1-22(2)18-23-16-17-34-31(19-23)28-15-9-14-27-30-21-26(24-10-5-3-6-11-24)20-29(33(30)35-32(27)28)25-12-7-4-8-13-25/h3-17,19-22H,18H2,1-2H3. The monoisotopic (exact) mass is 469 g/mol. The van der Waals surface area contributed by atoms with Crippen LogP contribution >= 0.6 is 11.3 Å². The lowest BCUT2D eigenvalue weighted by molar-refractivity contribution is 0.647. The Morgan fingerprint density at radius 3 is 2.09 bits per heavy atom. The highest BCUT2D eigenvalue weighted by Gasteiger charge is 2.16. The summed E-state index contributed by atoms with van der Waals surface area (Å²) < 4.78 is 2.63. The molecule has 0 atom stereocenters. The maximum absolute atomic E-state index is 4.79. The Hall–Kier alpha value is -3.75. The molecule has 0 saturated heterocycles. The van der Waals surface area contributed by atoms with Crippen molar-refractivity contribution in [1.29, 1.82) is 0 Å². The topological polar surface area (TPSA) is 12.9 Å². The van der Waals surface area contributed by atoms with Crippen LogP contribution in [0.4, 0.5) is 0 Å². The molecule has 0 bridgehead atoms. The second-order valence-corrected chi connectivity index (χ2v) is 10.6. The van der Waals surface area contributed by atoms with Gasteiger partial charge in [-0.1, -0.05) is 92.7 Å². The minimum Gasteiger partial charge on any atom is -0.256 e. The SMILES string of the molecule is CC(C)Cc1ccnc(-c2cccc3c2sc2c(-c4ccccc4)cc(-c4ccccc4)cc23)c1. The number of fused-ring (bicyclic) bond motifs is 3. The molecule has 0 aliphatic carbocycles. The van der Waals surface area contributed by atoms with Gasteiger partial charge in [0.15, 0.2) is 0 Å². The second kappa shape index (κ2) is 9.13. The van der Waals surface area contributed by atoms with E-state index in [2.05, 4.69) is 117 Å².